The van der Waals surface area contributed by atoms with E-state index in [-0.39, 0.29) is 12.5 Å². The van der Waals surface area contributed by atoms with Crippen LogP contribution in [0, 0.1) is 0 Å². The minimum Gasteiger partial charge on any atom is -0.479 e. The van der Waals surface area contributed by atoms with Crippen LogP contribution in [-0.2, 0) is 4.79 Å². The summed E-state index contributed by atoms with van der Waals surface area (Å²) >= 11 is 0. The lowest BCUT2D eigenvalue weighted by molar-refractivity contribution is -0.119. The SMILES string of the molecule is CCNC(=O)CN(C)c1ccc(N)c(OC)n1. The van der Waals surface area contributed by atoms with Gasteiger partial charge in [-0.3, -0.25) is 4.79 Å². The number of likely N-dealkylation sites (N-methyl/N-ethyl adjacent to an activating group) is 2. The predicted molar refractivity (Wildman–Crippen MR) is 67.2 cm³/mol. The minimum absolute atomic E-state index is 0.0485. The maximum absolute atomic E-state index is 11.4. The Hall–Kier alpha value is -1.98. The van der Waals surface area contributed by atoms with E-state index in [0.29, 0.717) is 23.9 Å². The van der Waals surface area contributed by atoms with Crippen molar-refractivity contribution in [1.29, 1.82) is 0 Å². The molecule has 0 saturated heterocycles. The molecule has 0 saturated carbocycles. The van der Waals surface area contributed by atoms with Gasteiger partial charge in [0.2, 0.25) is 11.8 Å². The van der Waals surface area contributed by atoms with Crippen LogP contribution >= 0.6 is 0 Å². The number of aromatic nitrogens is 1. The second-order valence-corrected chi connectivity index (χ2v) is 3.58. The second kappa shape index (κ2) is 5.93. The molecule has 0 aliphatic heterocycles. The van der Waals surface area contributed by atoms with Crippen LogP contribution in [0.1, 0.15) is 6.92 Å². The largest absolute Gasteiger partial charge is 0.479 e. The molecule has 3 N–H and O–H groups in total. The summed E-state index contributed by atoms with van der Waals surface area (Å²) in [5.41, 5.74) is 6.14. The Kier molecular flexibility index (Phi) is 4.56. The molecule has 6 heteroatoms. The maximum atomic E-state index is 11.4. The minimum atomic E-state index is -0.0485. The summed E-state index contributed by atoms with van der Waals surface area (Å²) in [6, 6.07) is 3.45. The zero-order valence-corrected chi connectivity index (χ0v) is 10.4. The quantitative estimate of drug-likeness (QED) is 0.768. The summed E-state index contributed by atoms with van der Waals surface area (Å²) in [5, 5.41) is 2.72. The first-order valence-electron chi connectivity index (χ1n) is 5.36. The molecular weight excluding hydrogens is 220 g/mol. The number of nitrogens with one attached hydrogen (secondary N) is 1. The number of rotatable bonds is 5. The second-order valence-electron chi connectivity index (χ2n) is 3.58. The molecule has 6 nitrogen and oxygen atoms in total. The zero-order valence-electron chi connectivity index (χ0n) is 10.4. The molecule has 0 aliphatic rings. The Labute approximate surface area is 101 Å². The number of hydrogen-bond acceptors (Lipinski definition) is 5. The van der Waals surface area contributed by atoms with Gasteiger partial charge in [-0.1, -0.05) is 0 Å². The molecule has 1 aromatic rings. The fraction of sp³-hybridized carbons (Fsp3) is 0.455. The van der Waals surface area contributed by atoms with E-state index in [2.05, 4.69) is 10.3 Å². The molecule has 0 radical (unpaired) electrons. The summed E-state index contributed by atoms with van der Waals surface area (Å²) < 4.78 is 5.02. The van der Waals surface area contributed by atoms with E-state index in [1.54, 1.807) is 24.1 Å². The lowest BCUT2D eigenvalue weighted by Gasteiger charge is -2.18. The third-order valence-electron chi connectivity index (χ3n) is 2.21. The summed E-state index contributed by atoms with van der Waals surface area (Å²) in [6.45, 7) is 2.74. The van der Waals surface area contributed by atoms with Gasteiger partial charge in [-0.15, -0.1) is 0 Å². The molecule has 0 aromatic carbocycles. The van der Waals surface area contributed by atoms with Gasteiger partial charge in [0, 0.05) is 13.6 Å². The average molecular weight is 238 g/mol. The Balaban J connectivity index is 2.75. The van der Waals surface area contributed by atoms with E-state index in [0.717, 1.165) is 0 Å². The number of hydrogen-bond donors (Lipinski definition) is 2. The van der Waals surface area contributed by atoms with Crippen LogP contribution in [0.2, 0.25) is 0 Å². The van der Waals surface area contributed by atoms with Crippen molar-refractivity contribution in [2.24, 2.45) is 0 Å². The van der Waals surface area contributed by atoms with Gasteiger partial charge < -0.3 is 20.7 Å². The summed E-state index contributed by atoms with van der Waals surface area (Å²) in [7, 11) is 3.29. The number of nitrogens with zero attached hydrogens (tertiary/aromatic N) is 2. The van der Waals surface area contributed by atoms with Crippen LogP contribution in [0.15, 0.2) is 12.1 Å². The normalized spacial score (nSPS) is 9.82. The lowest BCUT2D eigenvalue weighted by atomic mass is 10.3. The molecular formula is C11H18N4O2. The summed E-state index contributed by atoms with van der Waals surface area (Å²) in [6.07, 6.45) is 0. The van der Waals surface area contributed by atoms with Crippen molar-refractivity contribution < 1.29 is 9.53 Å². The zero-order chi connectivity index (χ0) is 12.8. The Morgan fingerprint density at radius 3 is 2.88 bits per heavy atom. The first-order chi connectivity index (χ1) is 8.08. The van der Waals surface area contributed by atoms with E-state index >= 15 is 0 Å². The molecule has 1 aromatic heterocycles. The molecule has 0 atom stereocenters. The van der Waals surface area contributed by atoms with Gasteiger partial charge in [0.05, 0.1) is 19.3 Å². The van der Waals surface area contributed by atoms with E-state index in [1.807, 2.05) is 6.92 Å². The number of ether oxygens (including phenoxy) is 1. The van der Waals surface area contributed by atoms with Crippen LogP contribution in [0.25, 0.3) is 0 Å². The van der Waals surface area contributed by atoms with Crippen molar-refractivity contribution in [3.63, 3.8) is 0 Å². The van der Waals surface area contributed by atoms with Crippen LogP contribution in [0.4, 0.5) is 11.5 Å². The van der Waals surface area contributed by atoms with E-state index in [9.17, 15) is 4.79 Å². The number of methoxy groups -OCH3 is 1. The van der Waals surface area contributed by atoms with Gasteiger partial charge in [0.1, 0.15) is 5.82 Å². The molecule has 17 heavy (non-hydrogen) atoms. The molecule has 0 bridgehead atoms. The van der Waals surface area contributed by atoms with Crippen molar-refractivity contribution in [1.82, 2.24) is 10.3 Å². The number of pyridine rings is 1. The smallest absolute Gasteiger partial charge is 0.239 e. The van der Waals surface area contributed by atoms with E-state index < -0.39 is 0 Å². The van der Waals surface area contributed by atoms with E-state index in [4.69, 9.17) is 10.5 Å². The van der Waals surface area contributed by atoms with Gasteiger partial charge in [-0.25, -0.2) is 0 Å². The van der Waals surface area contributed by atoms with Crippen molar-refractivity contribution in [3.8, 4) is 5.88 Å². The van der Waals surface area contributed by atoms with Crippen molar-refractivity contribution >= 4 is 17.4 Å². The van der Waals surface area contributed by atoms with Crippen LogP contribution in [0.5, 0.6) is 5.88 Å². The topological polar surface area (TPSA) is 80.5 Å². The van der Waals surface area contributed by atoms with E-state index in [1.165, 1.54) is 7.11 Å². The summed E-state index contributed by atoms with van der Waals surface area (Å²) in [4.78, 5) is 17.3. The van der Waals surface area contributed by atoms with Crippen molar-refractivity contribution in [2.45, 2.75) is 6.92 Å². The molecule has 1 rings (SSSR count). The maximum Gasteiger partial charge on any atom is 0.239 e. The summed E-state index contributed by atoms with van der Waals surface area (Å²) in [5.74, 6) is 0.958. The number of anilines is 2. The molecule has 1 heterocycles. The van der Waals surface area contributed by atoms with Gasteiger partial charge in [0.25, 0.3) is 0 Å². The number of nitrogens with two attached hydrogens (primary N) is 1. The molecule has 1 amide bonds. The molecule has 0 fully saturated rings. The Morgan fingerprint density at radius 1 is 1.59 bits per heavy atom. The van der Waals surface area contributed by atoms with Crippen molar-refractivity contribution in [3.05, 3.63) is 12.1 Å². The number of carbonyl (C=O) groups is 1. The van der Waals surface area contributed by atoms with Crippen LogP contribution < -0.4 is 20.7 Å². The fourth-order valence-corrected chi connectivity index (χ4v) is 1.37. The van der Waals surface area contributed by atoms with Crippen molar-refractivity contribution in [2.75, 3.05) is 37.9 Å². The molecule has 0 spiro atoms. The predicted octanol–water partition coefficient (Wildman–Crippen LogP) is 0.245. The third kappa shape index (κ3) is 3.51. The van der Waals surface area contributed by atoms with Gasteiger partial charge in [0.15, 0.2) is 0 Å². The molecule has 0 aliphatic carbocycles. The third-order valence-corrected chi connectivity index (χ3v) is 2.21. The Morgan fingerprint density at radius 2 is 2.29 bits per heavy atom. The molecule has 94 valence electrons. The highest BCUT2D eigenvalue weighted by molar-refractivity contribution is 5.80. The molecule has 0 unspecified atom stereocenters. The van der Waals surface area contributed by atoms with Crippen LogP contribution in [0.3, 0.4) is 0 Å². The Bertz CT molecular complexity index is 395. The van der Waals surface area contributed by atoms with Gasteiger partial charge in [-0.2, -0.15) is 4.98 Å². The highest BCUT2D eigenvalue weighted by atomic mass is 16.5. The van der Waals surface area contributed by atoms with Gasteiger partial charge in [-0.05, 0) is 19.1 Å². The number of amides is 1. The first kappa shape index (κ1) is 13.1. The standard InChI is InChI=1S/C11H18N4O2/c1-4-13-10(16)7-15(2)9-6-5-8(12)11(14-9)17-3/h5-6H,4,7,12H2,1-3H3,(H,13,16). The lowest BCUT2D eigenvalue weighted by Crippen LogP contribution is -2.35. The average Bonchev–Trinajstić information content (AvgIpc) is 2.29. The fourth-order valence-electron chi connectivity index (χ4n) is 1.37. The number of carbonyl (C=O) groups excluding carboxylic acids is 1. The highest BCUT2D eigenvalue weighted by Crippen LogP contribution is 2.21. The first-order valence-corrected chi connectivity index (χ1v) is 5.36. The number of nitrogen functional groups attached to an aromatic ring is 1. The highest BCUT2D eigenvalue weighted by Gasteiger charge is 2.10. The monoisotopic (exact) mass is 238 g/mol. The van der Waals surface area contributed by atoms with Crippen LogP contribution in [-0.4, -0.2) is 38.1 Å². The van der Waals surface area contributed by atoms with Gasteiger partial charge >= 0.3 is 0 Å².